The Morgan fingerprint density at radius 3 is 1.07 bits per heavy atom. The molecule has 0 aromatic heterocycles. The molecule has 42 heavy (non-hydrogen) atoms. The van der Waals surface area contributed by atoms with Crippen LogP contribution in [0.3, 0.4) is 0 Å². The van der Waals surface area contributed by atoms with E-state index in [0.717, 1.165) is 32.1 Å². The number of aliphatic hydroxyl groups excluding tert-OH is 3. The number of aliphatic hydroxyl groups is 3. The largest absolute Gasteiger partial charge is 0.394 e. The van der Waals surface area contributed by atoms with Crippen molar-refractivity contribution in [1.29, 1.82) is 0 Å². The molecular weight excluding hydrogens is 522 g/mol. The quantitative estimate of drug-likeness (QED) is 0.0556. The van der Waals surface area contributed by atoms with Crippen LogP contribution < -0.4 is 5.32 Å². The fourth-order valence-corrected chi connectivity index (χ4v) is 5.95. The van der Waals surface area contributed by atoms with Crippen molar-refractivity contribution in [1.82, 2.24) is 5.32 Å². The normalized spacial score (nSPS) is 13.7. The third-order valence-corrected chi connectivity index (χ3v) is 8.98. The lowest BCUT2D eigenvalue weighted by Gasteiger charge is -2.23. The van der Waals surface area contributed by atoms with Crippen LogP contribution in [0, 0.1) is 0 Å². The van der Waals surface area contributed by atoms with Crippen molar-refractivity contribution >= 4 is 5.91 Å². The summed E-state index contributed by atoms with van der Waals surface area (Å²) < 4.78 is 0. The summed E-state index contributed by atoms with van der Waals surface area (Å²) in [6, 6.07) is -0.703. The number of hydrogen-bond acceptors (Lipinski definition) is 4. The van der Waals surface area contributed by atoms with E-state index in [4.69, 9.17) is 0 Å². The Morgan fingerprint density at radius 1 is 0.476 bits per heavy atom. The van der Waals surface area contributed by atoms with Crippen LogP contribution in [0.5, 0.6) is 0 Å². The van der Waals surface area contributed by atoms with Crippen LogP contribution in [0.2, 0.25) is 0 Å². The van der Waals surface area contributed by atoms with Crippen LogP contribution >= 0.6 is 0 Å². The first-order valence-electron chi connectivity index (χ1n) is 18.8. The van der Waals surface area contributed by atoms with E-state index < -0.39 is 24.2 Å². The molecule has 0 aliphatic heterocycles. The Kier molecular flexibility index (Phi) is 32.7. The lowest BCUT2D eigenvalue weighted by atomic mass is 10.0. The molecule has 0 aliphatic rings. The van der Waals surface area contributed by atoms with E-state index in [2.05, 4.69) is 19.2 Å². The summed E-state index contributed by atoms with van der Waals surface area (Å²) in [4.78, 5) is 12.4. The number of hydrogen-bond donors (Lipinski definition) is 4. The van der Waals surface area contributed by atoms with Crippen molar-refractivity contribution < 1.29 is 20.1 Å². The van der Waals surface area contributed by atoms with E-state index in [9.17, 15) is 20.1 Å². The minimum atomic E-state index is -1.07. The van der Waals surface area contributed by atoms with Gasteiger partial charge in [0, 0.05) is 0 Å². The highest BCUT2D eigenvalue weighted by Crippen LogP contribution is 2.16. The average molecular weight is 598 g/mol. The van der Waals surface area contributed by atoms with Gasteiger partial charge < -0.3 is 20.6 Å². The van der Waals surface area contributed by atoms with Crippen LogP contribution in [0.4, 0.5) is 0 Å². The van der Waals surface area contributed by atoms with Gasteiger partial charge in [-0.15, -0.1) is 0 Å². The predicted molar refractivity (Wildman–Crippen MR) is 181 cm³/mol. The highest BCUT2D eigenvalue weighted by molar-refractivity contribution is 5.80. The van der Waals surface area contributed by atoms with Crippen molar-refractivity contribution in [2.45, 2.75) is 225 Å². The maximum atomic E-state index is 12.4. The van der Waals surface area contributed by atoms with Crippen LogP contribution in [0.25, 0.3) is 0 Å². The lowest BCUT2D eigenvalue weighted by molar-refractivity contribution is -0.131. The van der Waals surface area contributed by atoms with Crippen LogP contribution in [-0.4, -0.2) is 46.1 Å². The maximum absolute atomic E-state index is 12.4. The zero-order valence-electron chi connectivity index (χ0n) is 28.4. The van der Waals surface area contributed by atoms with Crippen LogP contribution in [0.1, 0.15) is 206 Å². The van der Waals surface area contributed by atoms with Gasteiger partial charge in [-0.25, -0.2) is 0 Å². The van der Waals surface area contributed by atoms with E-state index in [1.54, 1.807) is 0 Å². The van der Waals surface area contributed by atoms with Crippen molar-refractivity contribution in [2.24, 2.45) is 0 Å². The fourth-order valence-electron chi connectivity index (χ4n) is 5.95. The molecular formula is C37H75NO4. The first-order chi connectivity index (χ1) is 20.6. The molecule has 0 saturated heterocycles. The summed E-state index contributed by atoms with van der Waals surface area (Å²) in [5.41, 5.74) is 0. The summed E-state index contributed by atoms with van der Waals surface area (Å²) >= 11 is 0. The molecule has 0 fully saturated rings. The van der Waals surface area contributed by atoms with Crippen molar-refractivity contribution in [3.05, 3.63) is 0 Å². The molecule has 0 radical (unpaired) electrons. The summed E-state index contributed by atoms with van der Waals surface area (Å²) in [7, 11) is 0. The molecule has 0 aromatic rings. The second-order valence-corrected chi connectivity index (χ2v) is 13.2. The summed E-state index contributed by atoms with van der Waals surface area (Å²) in [6.45, 7) is 4.22. The molecule has 5 heteroatoms. The fraction of sp³-hybridized carbons (Fsp3) is 0.973. The first kappa shape index (κ1) is 41.4. The van der Waals surface area contributed by atoms with Crippen LogP contribution in [-0.2, 0) is 4.79 Å². The van der Waals surface area contributed by atoms with Gasteiger partial charge in [-0.3, -0.25) is 4.79 Å². The second-order valence-electron chi connectivity index (χ2n) is 13.2. The minimum absolute atomic E-state index is 0.309. The van der Waals surface area contributed by atoms with Crippen molar-refractivity contribution in [3.8, 4) is 0 Å². The highest BCUT2D eigenvalue weighted by Gasteiger charge is 2.23. The summed E-state index contributed by atoms with van der Waals surface area (Å²) in [5.74, 6) is -0.469. The molecule has 0 aliphatic carbocycles. The van der Waals surface area contributed by atoms with Gasteiger partial charge in [-0.1, -0.05) is 194 Å². The number of unbranched alkanes of at least 4 members (excludes halogenated alkanes) is 26. The minimum Gasteiger partial charge on any atom is -0.394 e. The van der Waals surface area contributed by atoms with Gasteiger partial charge in [0.05, 0.1) is 18.8 Å². The second kappa shape index (κ2) is 33.2. The van der Waals surface area contributed by atoms with Gasteiger partial charge >= 0.3 is 0 Å². The zero-order chi connectivity index (χ0) is 30.9. The maximum Gasteiger partial charge on any atom is 0.249 e. The lowest BCUT2D eigenvalue weighted by Crippen LogP contribution is -2.49. The smallest absolute Gasteiger partial charge is 0.249 e. The average Bonchev–Trinajstić information content (AvgIpc) is 2.99. The number of carbonyl (C=O) groups is 1. The van der Waals surface area contributed by atoms with Gasteiger partial charge in [-0.05, 0) is 12.8 Å². The number of amides is 1. The van der Waals surface area contributed by atoms with E-state index in [0.29, 0.717) is 12.8 Å². The van der Waals surface area contributed by atoms with Gasteiger partial charge in [-0.2, -0.15) is 0 Å². The number of carbonyl (C=O) groups excluding carboxylic acids is 1. The van der Waals surface area contributed by atoms with E-state index in [-0.39, 0.29) is 6.61 Å². The van der Waals surface area contributed by atoms with Gasteiger partial charge in [0.15, 0.2) is 0 Å². The third kappa shape index (κ3) is 28.1. The molecule has 0 saturated carbocycles. The van der Waals surface area contributed by atoms with Crippen LogP contribution in [0.15, 0.2) is 0 Å². The molecule has 252 valence electrons. The highest BCUT2D eigenvalue weighted by atomic mass is 16.3. The van der Waals surface area contributed by atoms with Gasteiger partial charge in [0.1, 0.15) is 6.10 Å². The molecule has 5 nitrogen and oxygen atoms in total. The monoisotopic (exact) mass is 598 g/mol. The Balaban J connectivity index is 3.65. The Hall–Kier alpha value is -0.650. The van der Waals surface area contributed by atoms with Gasteiger partial charge in [0.2, 0.25) is 5.91 Å². The zero-order valence-corrected chi connectivity index (χ0v) is 28.4. The molecule has 4 N–H and O–H groups in total. The molecule has 1 amide bonds. The van der Waals surface area contributed by atoms with E-state index in [1.807, 2.05) is 0 Å². The predicted octanol–water partition coefficient (Wildman–Crippen LogP) is 9.93. The van der Waals surface area contributed by atoms with Crippen molar-refractivity contribution in [3.63, 3.8) is 0 Å². The first-order valence-corrected chi connectivity index (χ1v) is 18.8. The molecule has 0 spiro atoms. The Labute approximate surface area is 262 Å². The third-order valence-electron chi connectivity index (χ3n) is 8.98. The molecule has 0 heterocycles. The molecule has 0 rings (SSSR count). The topological polar surface area (TPSA) is 89.8 Å². The van der Waals surface area contributed by atoms with Crippen molar-refractivity contribution in [2.75, 3.05) is 6.61 Å². The molecule has 3 atom stereocenters. The van der Waals surface area contributed by atoms with Gasteiger partial charge in [0.25, 0.3) is 0 Å². The molecule has 0 aromatic carbocycles. The number of nitrogens with one attached hydrogen (secondary N) is 1. The molecule has 0 bridgehead atoms. The van der Waals surface area contributed by atoms with E-state index >= 15 is 0 Å². The number of rotatable bonds is 34. The molecule has 1 unspecified atom stereocenters. The Morgan fingerprint density at radius 2 is 0.762 bits per heavy atom. The SMILES string of the molecule is CCCCCCCCCCCCCCCCCC(O)C(=O)N[C@@H](CO)[C@H](O)CCCCCCCCCCCCCCC. The van der Waals surface area contributed by atoms with E-state index in [1.165, 1.54) is 148 Å². The Bertz CT molecular complexity index is 544. The summed E-state index contributed by atoms with van der Waals surface area (Å²) in [6.07, 6.45) is 35.1. The summed E-state index contributed by atoms with van der Waals surface area (Å²) in [5, 5.41) is 33.1. The standard InChI is InChI=1S/C37H75NO4/c1-3-5-7-9-11-13-15-17-18-20-22-24-26-28-30-32-36(41)37(42)38-34(33-39)35(40)31-29-27-25-23-21-19-16-14-12-10-8-6-4-2/h34-36,39-41H,3-33H2,1-2H3,(H,38,42)/t34-,35+,36?/m0/s1.